The number of guanidine groups is 1. The molecule has 31 heavy (non-hydrogen) atoms. The Morgan fingerprint density at radius 2 is 1.90 bits per heavy atom. The molecule has 1 N–H and O–H groups in total. The summed E-state index contributed by atoms with van der Waals surface area (Å²) in [5.41, 5.74) is 1.17. The fourth-order valence-corrected chi connectivity index (χ4v) is 3.90. The molecule has 2 aliphatic rings. The molecule has 0 radical (unpaired) electrons. The number of aliphatic imine (C=N–C) groups is 1. The Kier molecular flexibility index (Phi) is 8.97. The van der Waals surface area contributed by atoms with Gasteiger partial charge in [0, 0.05) is 52.9 Å². The molecule has 0 bridgehead atoms. The Balaban J connectivity index is 1.40. The quantitative estimate of drug-likeness (QED) is 0.381. The number of nitrogens with one attached hydrogen (secondary N) is 1. The predicted molar refractivity (Wildman–Crippen MR) is 122 cm³/mol. The average Bonchev–Trinajstić information content (AvgIpc) is 3.33. The van der Waals surface area contributed by atoms with Crippen molar-refractivity contribution in [3.05, 3.63) is 29.8 Å². The summed E-state index contributed by atoms with van der Waals surface area (Å²) in [6.07, 6.45) is 2.61. The van der Waals surface area contributed by atoms with Gasteiger partial charge in [-0.2, -0.15) is 0 Å². The van der Waals surface area contributed by atoms with Crippen molar-refractivity contribution in [2.45, 2.75) is 31.9 Å². The lowest BCUT2D eigenvalue weighted by Crippen LogP contribution is -2.55. The van der Waals surface area contributed by atoms with E-state index >= 15 is 0 Å². The van der Waals surface area contributed by atoms with E-state index in [0.29, 0.717) is 26.2 Å². The summed E-state index contributed by atoms with van der Waals surface area (Å²) in [4.78, 5) is 23.2. The Morgan fingerprint density at radius 3 is 2.52 bits per heavy atom. The zero-order chi connectivity index (χ0) is 22.1. The first-order valence-electron chi connectivity index (χ1n) is 11.3. The van der Waals surface area contributed by atoms with E-state index < -0.39 is 0 Å². The van der Waals surface area contributed by atoms with Crippen LogP contribution in [0.15, 0.2) is 29.3 Å². The molecule has 1 amide bonds. The van der Waals surface area contributed by atoms with Crippen molar-refractivity contribution < 1.29 is 14.3 Å². The predicted octanol–water partition coefficient (Wildman–Crippen LogP) is 1.42. The average molecular weight is 432 g/mol. The van der Waals surface area contributed by atoms with Crippen LogP contribution in [0.4, 0.5) is 0 Å². The minimum atomic E-state index is -0.232. The maximum atomic E-state index is 12.5. The van der Waals surface area contributed by atoms with Gasteiger partial charge < -0.3 is 29.5 Å². The smallest absolute Gasteiger partial charge is 0.251 e. The van der Waals surface area contributed by atoms with Gasteiger partial charge in [-0.1, -0.05) is 12.1 Å². The van der Waals surface area contributed by atoms with Crippen molar-refractivity contribution in [3.8, 4) is 5.75 Å². The molecule has 8 heteroatoms. The van der Waals surface area contributed by atoms with E-state index in [2.05, 4.69) is 46.3 Å². The van der Waals surface area contributed by atoms with Crippen molar-refractivity contribution in [3.63, 3.8) is 0 Å². The first kappa shape index (κ1) is 23.3. The molecule has 8 nitrogen and oxygen atoms in total. The lowest BCUT2D eigenvalue weighted by molar-refractivity contribution is -0.142. The molecular formula is C23H37N5O3. The van der Waals surface area contributed by atoms with Crippen LogP contribution in [-0.4, -0.2) is 99.8 Å². The number of piperazine rings is 1. The molecule has 0 spiro atoms. The number of carbonyl (C=O) groups is 1. The molecule has 0 saturated carbocycles. The molecule has 1 aromatic rings. The summed E-state index contributed by atoms with van der Waals surface area (Å²) < 4.78 is 11.3. The number of benzene rings is 1. The van der Waals surface area contributed by atoms with Crippen molar-refractivity contribution >= 4 is 11.9 Å². The van der Waals surface area contributed by atoms with E-state index in [4.69, 9.17) is 9.47 Å². The highest BCUT2D eigenvalue weighted by molar-refractivity contribution is 5.82. The fourth-order valence-electron chi connectivity index (χ4n) is 3.90. The van der Waals surface area contributed by atoms with Gasteiger partial charge in [-0.15, -0.1) is 0 Å². The van der Waals surface area contributed by atoms with Gasteiger partial charge in [-0.05, 0) is 51.1 Å². The number of hydrogen-bond donors (Lipinski definition) is 1. The Labute approximate surface area is 186 Å². The van der Waals surface area contributed by atoms with E-state index in [1.165, 1.54) is 5.56 Å². The zero-order valence-electron chi connectivity index (χ0n) is 19.2. The van der Waals surface area contributed by atoms with E-state index in [9.17, 15) is 4.79 Å². The molecule has 2 aliphatic heterocycles. The number of nitrogens with zero attached hydrogens (tertiary/aromatic N) is 4. The van der Waals surface area contributed by atoms with E-state index in [0.717, 1.165) is 57.2 Å². The molecular weight excluding hydrogens is 394 g/mol. The lowest BCUT2D eigenvalue weighted by Gasteiger charge is -2.37. The first-order valence-corrected chi connectivity index (χ1v) is 11.3. The number of hydrogen-bond acceptors (Lipinski definition) is 5. The van der Waals surface area contributed by atoms with Gasteiger partial charge in [0.15, 0.2) is 5.96 Å². The SMILES string of the molecule is CN=C(NCc1ccc(OCCCN(C)C)cc1)N1CCN(C(=O)C2CCCO2)CC1. The molecule has 2 heterocycles. The second-order valence-corrected chi connectivity index (χ2v) is 8.36. The highest BCUT2D eigenvalue weighted by Crippen LogP contribution is 2.16. The van der Waals surface area contributed by atoms with Crippen LogP contribution in [-0.2, 0) is 16.1 Å². The minimum Gasteiger partial charge on any atom is -0.494 e. The van der Waals surface area contributed by atoms with Crippen molar-refractivity contribution in [2.24, 2.45) is 4.99 Å². The minimum absolute atomic E-state index is 0.143. The summed E-state index contributed by atoms with van der Waals surface area (Å²) >= 11 is 0. The maximum absolute atomic E-state index is 12.5. The molecule has 0 aliphatic carbocycles. The Hall–Kier alpha value is -2.32. The third-order valence-corrected chi connectivity index (χ3v) is 5.70. The van der Waals surface area contributed by atoms with Crippen LogP contribution < -0.4 is 10.1 Å². The zero-order valence-corrected chi connectivity index (χ0v) is 19.2. The van der Waals surface area contributed by atoms with Crippen LogP contribution in [0.3, 0.4) is 0 Å². The van der Waals surface area contributed by atoms with E-state index in [-0.39, 0.29) is 12.0 Å². The molecule has 0 aromatic heterocycles. The fraction of sp³-hybridized carbons (Fsp3) is 0.652. The topological polar surface area (TPSA) is 69.6 Å². The normalized spacial score (nSPS) is 19.7. The first-order chi connectivity index (χ1) is 15.1. The molecule has 1 aromatic carbocycles. The third-order valence-electron chi connectivity index (χ3n) is 5.70. The van der Waals surface area contributed by atoms with Crippen LogP contribution in [0.25, 0.3) is 0 Å². The Bertz CT molecular complexity index is 708. The van der Waals surface area contributed by atoms with Gasteiger partial charge in [-0.3, -0.25) is 9.79 Å². The Morgan fingerprint density at radius 1 is 1.19 bits per heavy atom. The van der Waals surface area contributed by atoms with Crippen LogP contribution in [0.1, 0.15) is 24.8 Å². The third kappa shape index (κ3) is 7.11. The van der Waals surface area contributed by atoms with Crippen LogP contribution in [0, 0.1) is 0 Å². The van der Waals surface area contributed by atoms with E-state index in [1.807, 2.05) is 17.0 Å². The second-order valence-electron chi connectivity index (χ2n) is 8.36. The molecule has 2 fully saturated rings. The molecule has 172 valence electrons. The maximum Gasteiger partial charge on any atom is 0.251 e. The molecule has 2 saturated heterocycles. The van der Waals surface area contributed by atoms with Gasteiger partial charge in [0.1, 0.15) is 11.9 Å². The molecule has 3 rings (SSSR count). The highest BCUT2D eigenvalue weighted by Gasteiger charge is 2.30. The van der Waals surface area contributed by atoms with Crippen LogP contribution in [0.2, 0.25) is 0 Å². The molecule has 1 atom stereocenters. The number of ether oxygens (including phenoxy) is 2. The largest absolute Gasteiger partial charge is 0.494 e. The molecule has 1 unspecified atom stereocenters. The standard InChI is InChI=1S/C23H37N5O3/c1-24-23(28-14-12-27(13-15-28)22(29)21-6-4-16-31-21)25-18-19-7-9-20(10-8-19)30-17-5-11-26(2)3/h7-10,21H,4-6,11-18H2,1-3H3,(H,24,25). The van der Waals surface area contributed by atoms with E-state index in [1.54, 1.807) is 7.05 Å². The van der Waals surface area contributed by atoms with Crippen molar-refractivity contribution in [2.75, 3.05) is 67.1 Å². The second kappa shape index (κ2) is 11.9. The van der Waals surface area contributed by atoms with Crippen molar-refractivity contribution in [1.82, 2.24) is 20.0 Å². The summed E-state index contributed by atoms with van der Waals surface area (Å²) in [6, 6.07) is 8.20. The number of rotatable bonds is 8. The van der Waals surface area contributed by atoms with Gasteiger partial charge in [-0.25, -0.2) is 0 Å². The summed E-state index contributed by atoms with van der Waals surface area (Å²) in [5, 5.41) is 3.44. The van der Waals surface area contributed by atoms with Gasteiger partial charge in [0.25, 0.3) is 5.91 Å². The monoisotopic (exact) mass is 431 g/mol. The summed E-state index contributed by atoms with van der Waals surface area (Å²) in [7, 11) is 5.94. The van der Waals surface area contributed by atoms with Gasteiger partial charge in [0.05, 0.1) is 6.61 Å². The van der Waals surface area contributed by atoms with Gasteiger partial charge in [0.2, 0.25) is 0 Å². The summed E-state index contributed by atoms with van der Waals surface area (Å²) in [6.45, 7) is 6.12. The highest BCUT2D eigenvalue weighted by atomic mass is 16.5. The van der Waals surface area contributed by atoms with Gasteiger partial charge >= 0.3 is 0 Å². The number of carbonyl (C=O) groups excluding carboxylic acids is 1. The number of amides is 1. The lowest BCUT2D eigenvalue weighted by atomic mass is 10.2. The van der Waals surface area contributed by atoms with Crippen LogP contribution >= 0.6 is 0 Å². The summed E-state index contributed by atoms with van der Waals surface area (Å²) in [5.74, 6) is 1.91. The van der Waals surface area contributed by atoms with Crippen LogP contribution in [0.5, 0.6) is 5.75 Å². The van der Waals surface area contributed by atoms with Crippen molar-refractivity contribution in [1.29, 1.82) is 0 Å².